The van der Waals surface area contributed by atoms with Crippen LogP contribution in [-0.4, -0.2) is 30.7 Å². The number of carbonyl (C=O) groups is 2. The Hall–Kier alpha value is -1.37. The lowest BCUT2D eigenvalue weighted by molar-refractivity contribution is -0.774. The average molecular weight is 329 g/mol. The summed E-state index contributed by atoms with van der Waals surface area (Å²) in [5.41, 5.74) is 0.676. The molecule has 1 unspecified atom stereocenters. The molecule has 1 atom stereocenters. The number of benzene rings is 1. The Morgan fingerprint density at radius 2 is 2.29 bits per heavy atom. The molecule has 3 rings (SSSR count). The van der Waals surface area contributed by atoms with Crippen LogP contribution in [-0.2, 0) is 9.53 Å². The van der Waals surface area contributed by atoms with Gasteiger partial charge < -0.3 is 4.74 Å². The summed E-state index contributed by atoms with van der Waals surface area (Å²) in [5.74, 6) is -1.12. The van der Waals surface area contributed by atoms with E-state index in [-0.39, 0.29) is 22.8 Å². The maximum atomic E-state index is 13.7. The smallest absolute Gasteiger partial charge is 0.348 e. The minimum absolute atomic E-state index is 0.0191. The first-order valence-electron chi connectivity index (χ1n) is 6.49. The average Bonchev–Trinajstić information content (AvgIpc) is 2.91. The van der Waals surface area contributed by atoms with Crippen molar-refractivity contribution in [3.05, 3.63) is 39.1 Å². The lowest BCUT2D eigenvalue weighted by Gasteiger charge is -2.23. The Morgan fingerprint density at radius 1 is 1.52 bits per heavy atom. The molecule has 0 radical (unpaired) electrons. The summed E-state index contributed by atoms with van der Waals surface area (Å²) in [6, 6.07) is 2.80. The number of ketones is 1. The van der Waals surface area contributed by atoms with Crippen LogP contribution >= 0.6 is 23.4 Å². The van der Waals surface area contributed by atoms with E-state index in [0.717, 1.165) is 10.7 Å². The molecule has 0 amide bonds. The Labute approximate surface area is 129 Å². The zero-order chi connectivity index (χ0) is 15.1. The van der Waals surface area contributed by atoms with Gasteiger partial charge in [-0.2, -0.15) is 0 Å². The van der Waals surface area contributed by atoms with Gasteiger partial charge in [0.1, 0.15) is 17.1 Å². The van der Waals surface area contributed by atoms with Crippen molar-refractivity contribution in [2.24, 2.45) is 0 Å². The highest BCUT2D eigenvalue weighted by Crippen LogP contribution is 2.35. The lowest BCUT2D eigenvalue weighted by Crippen LogP contribution is -3.04. The van der Waals surface area contributed by atoms with E-state index >= 15 is 0 Å². The van der Waals surface area contributed by atoms with E-state index in [1.54, 1.807) is 13.0 Å². The number of nitrogens with one attached hydrogen (secondary N) is 1. The highest BCUT2D eigenvalue weighted by molar-refractivity contribution is 8.03. The van der Waals surface area contributed by atoms with Crippen molar-refractivity contribution in [3.8, 4) is 0 Å². The fraction of sp³-hybridized carbons (Fsp3) is 0.286. The summed E-state index contributed by atoms with van der Waals surface area (Å²) in [6.45, 7) is 2.56. The normalized spacial score (nSPS) is 20.3. The Morgan fingerprint density at radius 3 is 3.00 bits per heavy atom. The molecule has 1 fully saturated rings. The molecule has 7 heteroatoms. The molecule has 2 aliphatic rings. The van der Waals surface area contributed by atoms with Gasteiger partial charge in [0, 0.05) is 6.07 Å². The van der Waals surface area contributed by atoms with Crippen LogP contribution in [0, 0.1) is 5.82 Å². The van der Waals surface area contributed by atoms with Crippen LogP contribution in [0.15, 0.2) is 22.7 Å². The summed E-state index contributed by atoms with van der Waals surface area (Å²) < 4.78 is 18.6. The molecule has 2 aliphatic heterocycles. The monoisotopic (exact) mass is 328 g/mol. The minimum Gasteiger partial charge on any atom is -0.462 e. The van der Waals surface area contributed by atoms with Crippen molar-refractivity contribution >= 4 is 40.8 Å². The number of quaternary nitrogens is 1. The largest absolute Gasteiger partial charge is 0.462 e. The van der Waals surface area contributed by atoms with Gasteiger partial charge in [0.05, 0.1) is 23.9 Å². The van der Waals surface area contributed by atoms with Crippen molar-refractivity contribution in [2.45, 2.75) is 6.92 Å². The van der Waals surface area contributed by atoms with Gasteiger partial charge >= 0.3 is 5.97 Å². The number of hydrogen-bond acceptors (Lipinski definition) is 4. The molecule has 0 aliphatic carbocycles. The first-order chi connectivity index (χ1) is 10.1. The van der Waals surface area contributed by atoms with E-state index in [4.69, 9.17) is 16.3 Å². The zero-order valence-electron chi connectivity index (χ0n) is 11.2. The van der Waals surface area contributed by atoms with E-state index in [9.17, 15) is 14.0 Å². The van der Waals surface area contributed by atoms with Gasteiger partial charge in [-0.3, -0.25) is 9.69 Å². The second kappa shape index (κ2) is 5.44. The van der Waals surface area contributed by atoms with E-state index in [1.165, 1.54) is 17.8 Å². The van der Waals surface area contributed by atoms with Gasteiger partial charge in [-0.1, -0.05) is 23.4 Å². The summed E-state index contributed by atoms with van der Waals surface area (Å²) in [7, 11) is 0. The topological polar surface area (TPSA) is 47.8 Å². The van der Waals surface area contributed by atoms with Gasteiger partial charge in [0.25, 0.3) is 0 Å². The van der Waals surface area contributed by atoms with Crippen LogP contribution in [0.4, 0.5) is 10.1 Å². The predicted molar refractivity (Wildman–Crippen MR) is 77.3 cm³/mol. The molecule has 21 heavy (non-hydrogen) atoms. The van der Waals surface area contributed by atoms with Crippen LogP contribution in [0.5, 0.6) is 0 Å². The molecule has 1 aromatic rings. The third kappa shape index (κ3) is 2.18. The number of carbonyl (C=O) groups excluding carboxylic acids is 2. The molecular formula is C14H12ClFNO3S+. The molecule has 0 aromatic heterocycles. The van der Waals surface area contributed by atoms with Crippen LogP contribution < -0.4 is 4.90 Å². The molecule has 4 nitrogen and oxygen atoms in total. The molecule has 0 spiro atoms. The molecule has 0 bridgehead atoms. The van der Waals surface area contributed by atoms with Gasteiger partial charge in [-0.25, -0.2) is 9.18 Å². The van der Waals surface area contributed by atoms with E-state index in [0.29, 0.717) is 17.3 Å². The number of ether oxygens (including phenoxy) is 1. The highest BCUT2D eigenvalue weighted by Gasteiger charge is 2.44. The molecule has 0 saturated carbocycles. The second-order valence-corrected chi connectivity index (χ2v) is 6.10. The SMILES string of the molecule is CCOC(=O)C1=C2SCC[NH+]2c2ccc(F)c(Cl)c2C1=O. The van der Waals surface area contributed by atoms with Crippen molar-refractivity contribution in [1.29, 1.82) is 0 Å². The molecule has 1 N–H and O–H groups in total. The summed E-state index contributed by atoms with van der Waals surface area (Å²) in [5, 5.41) is 0.413. The molecule has 1 saturated heterocycles. The third-order valence-corrected chi connectivity index (χ3v) is 4.97. The number of rotatable bonds is 2. The highest BCUT2D eigenvalue weighted by atomic mass is 35.5. The summed E-state index contributed by atoms with van der Waals surface area (Å²) >= 11 is 7.40. The first-order valence-corrected chi connectivity index (χ1v) is 7.86. The van der Waals surface area contributed by atoms with Gasteiger partial charge in [-0.15, -0.1) is 0 Å². The zero-order valence-corrected chi connectivity index (χ0v) is 12.7. The van der Waals surface area contributed by atoms with Gasteiger partial charge in [-0.05, 0) is 13.0 Å². The number of thioether (sulfide) groups is 1. The standard InChI is InChI=1S/C14H11ClFNO3S/c1-2-20-14(19)10-12(18)9-8(4-3-7(16)11(9)15)17-5-6-21-13(10)17/h3-4H,2,5-6H2,1H3/p+1. The maximum Gasteiger partial charge on any atom is 0.348 e. The molecule has 1 aromatic carbocycles. The van der Waals surface area contributed by atoms with Crippen molar-refractivity contribution < 1.29 is 23.6 Å². The Balaban J connectivity index is 2.20. The number of halogens is 2. The maximum absolute atomic E-state index is 13.7. The first kappa shape index (κ1) is 14.6. The van der Waals surface area contributed by atoms with Crippen LogP contribution in [0.3, 0.4) is 0 Å². The minimum atomic E-state index is -0.671. The Kier molecular flexibility index (Phi) is 3.77. The third-order valence-electron chi connectivity index (χ3n) is 3.45. The van der Waals surface area contributed by atoms with Gasteiger partial charge in [0.15, 0.2) is 10.6 Å². The quantitative estimate of drug-likeness (QED) is 0.663. The Bertz CT molecular complexity index is 689. The van der Waals surface area contributed by atoms with E-state index < -0.39 is 17.6 Å². The van der Waals surface area contributed by atoms with Crippen molar-refractivity contribution in [2.75, 3.05) is 18.9 Å². The predicted octanol–water partition coefficient (Wildman–Crippen LogP) is 1.71. The number of Topliss-reactive ketones (excluding diaryl/α,β-unsaturated/α-hetero) is 1. The summed E-state index contributed by atoms with van der Waals surface area (Å²) in [4.78, 5) is 25.6. The lowest BCUT2D eigenvalue weighted by atomic mass is 9.97. The fourth-order valence-electron chi connectivity index (χ4n) is 2.58. The van der Waals surface area contributed by atoms with E-state index in [2.05, 4.69) is 0 Å². The molecule has 2 heterocycles. The number of fused-ring (bicyclic) bond motifs is 3. The second-order valence-electron chi connectivity index (χ2n) is 4.61. The molecular weight excluding hydrogens is 317 g/mol. The van der Waals surface area contributed by atoms with Crippen molar-refractivity contribution in [3.63, 3.8) is 0 Å². The van der Waals surface area contributed by atoms with Crippen molar-refractivity contribution in [1.82, 2.24) is 0 Å². The van der Waals surface area contributed by atoms with Crippen LogP contribution in [0.1, 0.15) is 17.3 Å². The van der Waals surface area contributed by atoms with Crippen LogP contribution in [0.25, 0.3) is 0 Å². The number of esters is 1. The van der Waals surface area contributed by atoms with E-state index in [1.807, 2.05) is 0 Å². The number of hydrogen-bond donors (Lipinski definition) is 1. The summed E-state index contributed by atoms with van der Waals surface area (Å²) in [6.07, 6.45) is 0. The van der Waals surface area contributed by atoms with Crippen LogP contribution in [0.2, 0.25) is 5.02 Å². The fourth-order valence-corrected chi connectivity index (χ4v) is 4.04. The molecule has 110 valence electrons. The van der Waals surface area contributed by atoms with Gasteiger partial charge in [0.2, 0.25) is 5.78 Å².